The Hall–Kier alpha value is -1.66. The molecule has 0 aromatic carbocycles. The molecule has 1 aliphatic heterocycles. The number of hydrogen-bond acceptors (Lipinski definition) is 4. The van der Waals surface area contributed by atoms with Gasteiger partial charge in [0.15, 0.2) is 0 Å². The van der Waals surface area contributed by atoms with Gasteiger partial charge >= 0.3 is 0 Å². The molecule has 0 atom stereocenters. The molecule has 9 fully saturated rings. The van der Waals surface area contributed by atoms with Crippen molar-refractivity contribution in [1.29, 1.82) is 0 Å². The van der Waals surface area contributed by atoms with Crippen LogP contribution in [0.3, 0.4) is 0 Å². The second kappa shape index (κ2) is 6.94. The van der Waals surface area contributed by atoms with E-state index in [-0.39, 0.29) is 47.3 Å². The Morgan fingerprint density at radius 1 is 0.636 bits per heavy atom. The van der Waals surface area contributed by atoms with Gasteiger partial charge in [-0.15, -0.1) is 0 Å². The first-order chi connectivity index (χ1) is 15.8. The number of nitro groups is 1. The molecule has 1 saturated heterocycles. The van der Waals surface area contributed by atoms with E-state index < -0.39 is 6.04 Å². The van der Waals surface area contributed by atoms with Gasteiger partial charge in [0.1, 0.15) is 0 Å². The van der Waals surface area contributed by atoms with Crippen LogP contribution in [0.1, 0.15) is 77.0 Å². The van der Waals surface area contributed by atoms with Gasteiger partial charge in [-0.25, -0.2) is 0 Å². The van der Waals surface area contributed by atoms with E-state index in [1.165, 1.54) is 38.5 Å². The topological polar surface area (TPSA) is 83.8 Å². The first-order valence-electron chi connectivity index (χ1n) is 13.5. The molecule has 8 saturated carbocycles. The zero-order valence-electron chi connectivity index (χ0n) is 19.6. The molecule has 0 unspecified atom stereocenters. The predicted octanol–water partition coefficient (Wildman–Crippen LogP) is 3.69. The highest BCUT2D eigenvalue weighted by Gasteiger charge is 2.59. The lowest BCUT2D eigenvalue weighted by molar-refractivity contribution is -0.526. The van der Waals surface area contributed by atoms with Crippen molar-refractivity contribution in [3.05, 3.63) is 10.1 Å². The zero-order valence-corrected chi connectivity index (χ0v) is 19.6. The van der Waals surface area contributed by atoms with Crippen LogP contribution in [-0.4, -0.2) is 52.3 Å². The van der Waals surface area contributed by atoms with Gasteiger partial charge in [0.05, 0.1) is 30.6 Å². The molecule has 7 nitrogen and oxygen atoms in total. The molecule has 7 heteroatoms. The summed E-state index contributed by atoms with van der Waals surface area (Å²) in [6, 6.07) is -0.866. The van der Waals surface area contributed by atoms with Gasteiger partial charge in [-0.3, -0.25) is 19.7 Å². The first-order valence-corrected chi connectivity index (χ1v) is 13.5. The smallest absolute Gasteiger partial charge is 0.247 e. The summed E-state index contributed by atoms with van der Waals surface area (Å²) in [5.74, 6) is 4.17. The van der Waals surface area contributed by atoms with E-state index in [9.17, 15) is 19.7 Å². The average Bonchev–Trinajstić information content (AvgIpc) is 2.76. The molecule has 9 aliphatic rings. The molecule has 33 heavy (non-hydrogen) atoms. The molecule has 0 aromatic heterocycles. The van der Waals surface area contributed by atoms with Crippen molar-refractivity contribution in [2.45, 2.75) is 83.1 Å². The molecule has 180 valence electrons. The standard InChI is InChI=1S/C26H37N3O4/c30-23(25-7-16-1-17(8-25)3-18(2-16)9-25)27-13-22(29(32)33)14-28(15-27)24(31)26-10-19-4-20(11-26)6-21(5-19)12-26/h16-22H,1-15H2. The summed E-state index contributed by atoms with van der Waals surface area (Å²) in [7, 11) is 0. The Morgan fingerprint density at radius 3 is 1.21 bits per heavy atom. The lowest BCUT2D eigenvalue weighted by atomic mass is 9.49. The van der Waals surface area contributed by atoms with Crippen molar-refractivity contribution in [3.63, 3.8) is 0 Å². The average molecular weight is 456 g/mol. The Morgan fingerprint density at radius 2 is 0.939 bits per heavy atom. The molecule has 8 bridgehead atoms. The van der Waals surface area contributed by atoms with Gasteiger partial charge in [0, 0.05) is 4.92 Å². The van der Waals surface area contributed by atoms with Crippen molar-refractivity contribution in [3.8, 4) is 0 Å². The van der Waals surface area contributed by atoms with E-state index in [1.807, 2.05) is 0 Å². The van der Waals surface area contributed by atoms with Crippen LogP contribution in [0.2, 0.25) is 0 Å². The largest absolute Gasteiger partial charge is 0.317 e. The van der Waals surface area contributed by atoms with Crippen molar-refractivity contribution < 1.29 is 14.5 Å². The number of carbonyl (C=O) groups excluding carboxylic acids is 2. The Labute approximate surface area is 195 Å². The van der Waals surface area contributed by atoms with Crippen molar-refractivity contribution in [2.24, 2.45) is 46.3 Å². The normalized spacial score (nSPS) is 49.5. The van der Waals surface area contributed by atoms with Crippen LogP contribution in [0.5, 0.6) is 0 Å². The molecule has 0 radical (unpaired) electrons. The summed E-state index contributed by atoms with van der Waals surface area (Å²) in [4.78, 5) is 43.1. The quantitative estimate of drug-likeness (QED) is 0.480. The number of carbonyl (C=O) groups is 2. The second-order valence-electron chi connectivity index (χ2n) is 13.5. The van der Waals surface area contributed by atoms with E-state index in [2.05, 4.69) is 0 Å². The van der Waals surface area contributed by atoms with Gasteiger partial charge in [-0.2, -0.15) is 0 Å². The Bertz CT molecular complexity index is 765. The Balaban J connectivity index is 1.15. The molecule has 9 rings (SSSR count). The van der Waals surface area contributed by atoms with E-state index in [1.54, 1.807) is 9.80 Å². The van der Waals surface area contributed by atoms with E-state index in [0.29, 0.717) is 35.5 Å². The zero-order chi connectivity index (χ0) is 22.5. The molecule has 8 aliphatic carbocycles. The van der Waals surface area contributed by atoms with Crippen LogP contribution in [0, 0.1) is 56.5 Å². The molecule has 0 spiro atoms. The highest BCUT2D eigenvalue weighted by atomic mass is 16.6. The van der Waals surface area contributed by atoms with Crippen molar-refractivity contribution in [2.75, 3.05) is 19.8 Å². The summed E-state index contributed by atoms with van der Waals surface area (Å²) in [6.45, 7) is 0.599. The molecule has 0 aromatic rings. The summed E-state index contributed by atoms with van der Waals surface area (Å²) >= 11 is 0. The SMILES string of the molecule is O=C(N1CC([N+](=O)[O-])CN(C(=O)C23CC4CC(CC(C4)C2)C3)C1)C12CC3CC(CC(C3)C1)C2. The van der Waals surface area contributed by atoms with E-state index in [0.717, 1.165) is 38.5 Å². The molecule has 2 amide bonds. The molecular weight excluding hydrogens is 418 g/mol. The second-order valence-corrected chi connectivity index (χ2v) is 13.5. The number of nitrogens with zero attached hydrogens (tertiary/aromatic N) is 3. The van der Waals surface area contributed by atoms with Crippen molar-refractivity contribution in [1.82, 2.24) is 9.80 Å². The fourth-order valence-corrected chi connectivity index (χ4v) is 10.7. The summed E-state index contributed by atoms with van der Waals surface area (Å²) in [5, 5.41) is 11.9. The first kappa shape index (κ1) is 20.7. The highest BCUT2D eigenvalue weighted by molar-refractivity contribution is 5.86. The third kappa shape index (κ3) is 3.12. The van der Waals surface area contributed by atoms with Crippen LogP contribution in [0.15, 0.2) is 0 Å². The van der Waals surface area contributed by atoms with Gasteiger partial charge in [0.2, 0.25) is 17.9 Å². The minimum atomic E-state index is -0.866. The van der Waals surface area contributed by atoms with Crippen LogP contribution in [-0.2, 0) is 9.59 Å². The van der Waals surface area contributed by atoms with Crippen molar-refractivity contribution >= 4 is 11.8 Å². The minimum absolute atomic E-state index is 0.122. The van der Waals surface area contributed by atoms with E-state index in [4.69, 9.17) is 0 Å². The third-order valence-electron chi connectivity index (χ3n) is 11.1. The maximum Gasteiger partial charge on any atom is 0.247 e. The predicted molar refractivity (Wildman–Crippen MR) is 120 cm³/mol. The number of rotatable bonds is 3. The van der Waals surface area contributed by atoms with Gasteiger partial charge < -0.3 is 9.80 Å². The fourth-order valence-electron chi connectivity index (χ4n) is 10.7. The third-order valence-corrected chi connectivity index (χ3v) is 11.1. The van der Waals surface area contributed by atoms with Gasteiger partial charge in [-0.1, -0.05) is 0 Å². The highest BCUT2D eigenvalue weighted by Crippen LogP contribution is 2.62. The maximum atomic E-state index is 14.0. The molecule has 1 heterocycles. The van der Waals surface area contributed by atoms with E-state index >= 15 is 0 Å². The van der Waals surface area contributed by atoms with Gasteiger partial charge in [0.25, 0.3) is 0 Å². The van der Waals surface area contributed by atoms with Crippen LogP contribution in [0.4, 0.5) is 0 Å². The summed E-state index contributed by atoms with van der Waals surface area (Å²) in [6.07, 6.45) is 13.3. The minimum Gasteiger partial charge on any atom is -0.317 e. The summed E-state index contributed by atoms with van der Waals surface area (Å²) < 4.78 is 0. The lowest BCUT2D eigenvalue weighted by Crippen LogP contribution is -2.65. The monoisotopic (exact) mass is 455 g/mol. The molecular formula is C26H37N3O4. The molecule has 0 N–H and O–H groups in total. The summed E-state index contributed by atoms with van der Waals surface area (Å²) in [5.41, 5.74) is -0.634. The lowest BCUT2D eigenvalue weighted by Gasteiger charge is -2.58. The Kier molecular flexibility index (Phi) is 4.35. The van der Waals surface area contributed by atoms with Crippen LogP contribution in [0.25, 0.3) is 0 Å². The number of hydrogen-bond donors (Lipinski definition) is 0. The van der Waals surface area contributed by atoms with Gasteiger partial charge in [-0.05, 0) is 113 Å². The fraction of sp³-hybridized carbons (Fsp3) is 0.923. The number of amides is 2. The maximum absolute atomic E-state index is 14.0. The van der Waals surface area contributed by atoms with Crippen LogP contribution < -0.4 is 0 Å². The van der Waals surface area contributed by atoms with Crippen LogP contribution >= 0.6 is 0 Å².